The molecule has 4 heteroatoms. The zero-order valence-corrected chi connectivity index (χ0v) is 12.8. The summed E-state index contributed by atoms with van der Waals surface area (Å²) in [5.74, 6) is -0.304. The summed E-state index contributed by atoms with van der Waals surface area (Å²) in [4.78, 5) is 11.4. The SMILES string of the molecule is CCCCCC(C=CC(=O)OCC)OC1CCCCO1. The number of carbonyl (C=O) groups excluding carboxylic acids is 1. The average Bonchev–Trinajstić information content (AvgIpc) is 2.46. The van der Waals surface area contributed by atoms with Crippen molar-refractivity contribution in [1.82, 2.24) is 0 Å². The molecule has 1 rings (SSSR count). The molecule has 1 fully saturated rings. The molecule has 116 valence electrons. The van der Waals surface area contributed by atoms with E-state index in [0.29, 0.717) is 6.61 Å². The van der Waals surface area contributed by atoms with Gasteiger partial charge in [0.2, 0.25) is 0 Å². The highest BCUT2D eigenvalue weighted by atomic mass is 16.7. The van der Waals surface area contributed by atoms with Crippen molar-refractivity contribution in [3.05, 3.63) is 12.2 Å². The van der Waals surface area contributed by atoms with E-state index in [4.69, 9.17) is 14.2 Å². The highest BCUT2D eigenvalue weighted by Gasteiger charge is 2.18. The topological polar surface area (TPSA) is 44.8 Å². The number of ether oxygens (including phenoxy) is 3. The third-order valence-electron chi connectivity index (χ3n) is 3.29. The van der Waals surface area contributed by atoms with Gasteiger partial charge in [-0.25, -0.2) is 4.79 Å². The van der Waals surface area contributed by atoms with Gasteiger partial charge in [-0.3, -0.25) is 0 Å². The van der Waals surface area contributed by atoms with E-state index >= 15 is 0 Å². The van der Waals surface area contributed by atoms with Crippen molar-refractivity contribution in [2.45, 2.75) is 71.2 Å². The van der Waals surface area contributed by atoms with Crippen LogP contribution in [0.4, 0.5) is 0 Å². The van der Waals surface area contributed by atoms with Crippen molar-refractivity contribution >= 4 is 5.97 Å². The largest absolute Gasteiger partial charge is 0.463 e. The van der Waals surface area contributed by atoms with Crippen molar-refractivity contribution < 1.29 is 19.0 Å². The Balaban J connectivity index is 2.42. The quantitative estimate of drug-likeness (QED) is 0.369. The number of rotatable bonds is 9. The molecule has 1 aliphatic rings. The fourth-order valence-corrected chi connectivity index (χ4v) is 2.19. The van der Waals surface area contributed by atoms with E-state index in [1.807, 2.05) is 6.08 Å². The summed E-state index contributed by atoms with van der Waals surface area (Å²) in [6.07, 6.45) is 10.7. The van der Waals surface area contributed by atoms with E-state index in [9.17, 15) is 4.79 Å². The molecular weight excluding hydrogens is 256 g/mol. The first-order valence-corrected chi connectivity index (χ1v) is 7.88. The summed E-state index contributed by atoms with van der Waals surface area (Å²) in [7, 11) is 0. The van der Waals surface area contributed by atoms with Crippen molar-refractivity contribution in [3.8, 4) is 0 Å². The molecule has 4 nitrogen and oxygen atoms in total. The lowest BCUT2D eigenvalue weighted by Gasteiger charge is -2.26. The second-order valence-corrected chi connectivity index (χ2v) is 5.08. The van der Waals surface area contributed by atoms with E-state index in [1.54, 1.807) is 6.92 Å². The Morgan fingerprint density at radius 3 is 2.85 bits per heavy atom. The molecule has 2 atom stereocenters. The van der Waals surface area contributed by atoms with Gasteiger partial charge < -0.3 is 14.2 Å². The van der Waals surface area contributed by atoms with Crippen molar-refractivity contribution in [3.63, 3.8) is 0 Å². The standard InChI is InChI=1S/C16H28O4/c1-3-5-6-9-14(11-12-15(17)18-4-2)20-16-10-7-8-13-19-16/h11-12,14,16H,3-10,13H2,1-2H3. The molecule has 0 aromatic heterocycles. The molecule has 0 aromatic carbocycles. The Hall–Kier alpha value is -0.870. The molecule has 20 heavy (non-hydrogen) atoms. The Labute approximate surface area is 122 Å². The lowest BCUT2D eigenvalue weighted by Crippen LogP contribution is -2.27. The van der Waals surface area contributed by atoms with Crippen LogP contribution in [0.2, 0.25) is 0 Å². The van der Waals surface area contributed by atoms with Gasteiger partial charge in [-0.1, -0.05) is 26.2 Å². The van der Waals surface area contributed by atoms with Gasteiger partial charge in [0.15, 0.2) is 6.29 Å². The molecule has 0 radical (unpaired) electrons. The first-order chi connectivity index (χ1) is 9.76. The van der Waals surface area contributed by atoms with Gasteiger partial charge >= 0.3 is 5.97 Å². The summed E-state index contributed by atoms with van der Waals surface area (Å²) in [6.45, 7) is 5.15. The Morgan fingerprint density at radius 2 is 2.20 bits per heavy atom. The predicted molar refractivity (Wildman–Crippen MR) is 78.4 cm³/mol. The van der Waals surface area contributed by atoms with Gasteiger partial charge in [0.05, 0.1) is 12.7 Å². The summed E-state index contributed by atoms with van der Waals surface area (Å²) in [5.41, 5.74) is 0. The van der Waals surface area contributed by atoms with Gasteiger partial charge in [-0.05, 0) is 38.7 Å². The lowest BCUT2D eigenvalue weighted by atomic mass is 10.1. The van der Waals surface area contributed by atoms with Gasteiger partial charge in [0.25, 0.3) is 0 Å². The molecule has 0 amide bonds. The number of esters is 1. The molecule has 0 aromatic rings. The van der Waals surface area contributed by atoms with E-state index in [0.717, 1.165) is 38.7 Å². The van der Waals surface area contributed by atoms with Crippen LogP contribution in [0.1, 0.15) is 58.8 Å². The fourth-order valence-electron chi connectivity index (χ4n) is 2.19. The first-order valence-electron chi connectivity index (χ1n) is 7.88. The minimum atomic E-state index is -0.304. The molecule has 0 saturated carbocycles. The Bertz CT molecular complexity index is 282. The van der Waals surface area contributed by atoms with E-state index in [-0.39, 0.29) is 18.4 Å². The molecule has 1 saturated heterocycles. The monoisotopic (exact) mass is 284 g/mol. The molecule has 0 bridgehead atoms. The van der Waals surface area contributed by atoms with E-state index < -0.39 is 0 Å². The van der Waals surface area contributed by atoms with Crippen LogP contribution in [0, 0.1) is 0 Å². The number of hydrogen-bond donors (Lipinski definition) is 0. The van der Waals surface area contributed by atoms with Crippen molar-refractivity contribution in [2.75, 3.05) is 13.2 Å². The highest BCUT2D eigenvalue weighted by molar-refractivity contribution is 5.81. The third kappa shape index (κ3) is 7.65. The highest BCUT2D eigenvalue weighted by Crippen LogP contribution is 2.18. The lowest BCUT2D eigenvalue weighted by molar-refractivity contribution is -0.179. The molecule has 2 unspecified atom stereocenters. The Kier molecular flexibility index (Phi) is 9.33. The predicted octanol–water partition coefficient (Wildman–Crippen LogP) is 3.60. The van der Waals surface area contributed by atoms with Gasteiger partial charge in [0.1, 0.15) is 0 Å². The van der Waals surface area contributed by atoms with Crippen LogP contribution in [0.15, 0.2) is 12.2 Å². The molecule has 0 aliphatic carbocycles. The van der Waals surface area contributed by atoms with Crippen LogP contribution in [0.5, 0.6) is 0 Å². The van der Waals surface area contributed by atoms with Crippen LogP contribution in [-0.4, -0.2) is 31.6 Å². The summed E-state index contributed by atoms with van der Waals surface area (Å²) in [6, 6.07) is 0. The maximum absolute atomic E-state index is 11.4. The van der Waals surface area contributed by atoms with Crippen LogP contribution < -0.4 is 0 Å². The van der Waals surface area contributed by atoms with Gasteiger partial charge in [-0.15, -0.1) is 0 Å². The Morgan fingerprint density at radius 1 is 1.35 bits per heavy atom. The summed E-state index contributed by atoms with van der Waals surface area (Å²) < 4.78 is 16.4. The zero-order valence-electron chi connectivity index (χ0n) is 12.8. The minimum absolute atomic E-state index is 0.0611. The van der Waals surface area contributed by atoms with Gasteiger partial charge in [0, 0.05) is 12.7 Å². The smallest absolute Gasteiger partial charge is 0.330 e. The second-order valence-electron chi connectivity index (χ2n) is 5.08. The summed E-state index contributed by atoms with van der Waals surface area (Å²) in [5, 5.41) is 0. The molecule has 0 N–H and O–H groups in total. The van der Waals surface area contributed by atoms with E-state index in [1.165, 1.54) is 18.9 Å². The second kappa shape index (κ2) is 10.9. The average molecular weight is 284 g/mol. The van der Waals surface area contributed by atoms with Crippen molar-refractivity contribution in [1.29, 1.82) is 0 Å². The van der Waals surface area contributed by atoms with Crippen LogP contribution in [0.25, 0.3) is 0 Å². The normalized spacial score (nSPS) is 21.0. The van der Waals surface area contributed by atoms with Crippen LogP contribution in [0.3, 0.4) is 0 Å². The summed E-state index contributed by atoms with van der Waals surface area (Å²) >= 11 is 0. The molecule has 0 spiro atoms. The first kappa shape index (κ1) is 17.2. The minimum Gasteiger partial charge on any atom is -0.463 e. The molecule has 1 heterocycles. The van der Waals surface area contributed by atoms with Gasteiger partial charge in [-0.2, -0.15) is 0 Å². The number of carbonyl (C=O) groups is 1. The fraction of sp³-hybridized carbons (Fsp3) is 0.812. The number of unbranched alkanes of at least 4 members (excludes halogenated alkanes) is 2. The van der Waals surface area contributed by atoms with Crippen LogP contribution >= 0.6 is 0 Å². The van der Waals surface area contributed by atoms with E-state index in [2.05, 4.69) is 6.92 Å². The maximum atomic E-state index is 11.4. The van der Waals surface area contributed by atoms with Crippen LogP contribution in [-0.2, 0) is 19.0 Å². The zero-order chi connectivity index (χ0) is 14.6. The maximum Gasteiger partial charge on any atom is 0.330 e. The molecular formula is C16H28O4. The molecule has 1 aliphatic heterocycles. The van der Waals surface area contributed by atoms with Crippen molar-refractivity contribution in [2.24, 2.45) is 0 Å². The number of hydrogen-bond acceptors (Lipinski definition) is 4. The third-order valence-corrected chi connectivity index (χ3v) is 3.29.